The Hall–Kier alpha value is -3.75. The molecule has 36 heavy (non-hydrogen) atoms. The van der Waals surface area contributed by atoms with Crippen molar-refractivity contribution < 1.29 is 28.3 Å². The molecule has 3 N–H and O–H groups in total. The number of carbonyl (C=O) groups excluding carboxylic acids is 4. The third-order valence-electron chi connectivity index (χ3n) is 6.11. The highest BCUT2D eigenvalue weighted by Gasteiger charge is 2.26. The van der Waals surface area contributed by atoms with Crippen molar-refractivity contribution in [3.05, 3.63) is 52.1 Å². The van der Waals surface area contributed by atoms with Gasteiger partial charge in [0.15, 0.2) is 5.78 Å². The lowest BCUT2D eigenvalue weighted by Gasteiger charge is -2.06. The first-order chi connectivity index (χ1) is 17.2. The van der Waals surface area contributed by atoms with Crippen LogP contribution in [-0.2, 0) is 19.1 Å². The lowest BCUT2D eigenvalue weighted by atomic mass is 10.0. The van der Waals surface area contributed by atoms with Crippen LogP contribution in [0.5, 0.6) is 0 Å². The van der Waals surface area contributed by atoms with Crippen LogP contribution in [0.2, 0.25) is 0 Å². The molecule has 3 rings (SSSR count). The summed E-state index contributed by atoms with van der Waals surface area (Å²) in [5.74, 6) is -1.46. The number of aromatic nitrogens is 1. The van der Waals surface area contributed by atoms with Gasteiger partial charge >= 0.3 is 5.97 Å². The summed E-state index contributed by atoms with van der Waals surface area (Å²) in [6, 6.07) is 4.14. The number of rotatable bonds is 12. The molecule has 1 aliphatic heterocycles. The molecule has 0 spiro atoms. The molecule has 1 aromatic heterocycles. The van der Waals surface area contributed by atoms with Crippen LogP contribution in [-0.4, -0.2) is 41.7 Å². The van der Waals surface area contributed by atoms with Gasteiger partial charge in [0, 0.05) is 42.5 Å². The van der Waals surface area contributed by atoms with E-state index in [1.165, 1.54) is 25.1 Å². The minimum atomic E-state index is -0.452. The van der Waals surface area contributed by atoms with Crippen molar-refractivity contribution in [3.63, 3.8) is 0 Å². The average Bonchev–Trinajstić information content (AvgIpc) is 3.28. The largest absolute Gasteiger partial charge is 0.458 e. The molecule has 2 amide bonds. The van der Waals surface area contributed by atoms with E-state index >= 15 is 0 Å². The Balaban J connectivity index is 1.47. The predicted molar refractivity (Wildman–Crippen MR) is 135 cm³/mol. The number of carbonyl (C=O) groups is 4. The van der Waals surface area contributed by atoms with E-state index in [0.29, 0.717) is 52.3 Å². The zero-order valence-corrected chi connectivity index (χ0v) is 20.9. The maximum Gasteiger partial charge on any atom is 0.303 e. The fourth-order valence-electron chi connectivity index (χ4n) is 4.23. The first-order valence-electron chi connectivity index (χ1n) is 12.1. The molecule has 1 aromatic carbocycles. The van der Waals surface area contributed by atoms with Gasteiger partial charge in [-0.2, -0.15) is 0 Å². The van der Waals surface area contributed by atoms with Gasteiger partial charge in [0.25, 0.3) is 11.8 Å². The first-order valence-corrected chi connectivity index (χ1v) is 12.1. The molecule has 8 nitrogen and oxygen atoms in total. The van der Waals surface area contributed by atoms with E-state index in [0.717, 1.165) is 32.1 Å². The summed E-state index contributed by atoms with van der Waals surface area (Å²) in [7, 11) is 0. The minimum Gasteiger partial charge on any atom is -0.458 e. The number of aryl methyl sites for hydroxylation is 1. The summed E-state index contributed by atoms with van der Waals surface area (Å²) in [4.78, 5) is 50.7. The van der Waals surface area contributed by atoms with Crippen LogP contribution < -0.4 is 10.6 Å². The number of hydrogen-bond acceptors (Lipinski definition) is 5. The third kappa shape index (κ3) is 6.90. The minimum absolute atomic E-state index is 0.0744. The Morgan fingerprint density at radius 1 is 1.08 bits per heavy atom. The number of fused-ring (bicyclic) bond motifs is 1. The number of esters is 1. The van der Waals surface area contributed by atoms with Gasteiger partial charge in [-0.15, -0.1) is 0 Å². The number of aromatic amines is 1. The van der Waals surface area contributed by atoms with Crippen LogP contribution in [0.25, 0.3) is 11.6 Å². The van der Waals surface area contributed by atoms with Crippen molar-refractivity contribution >= 4 is 40.9 Å². The van der Waals surface area contributed by atoms with Gasteiger partial charge in [0.05, 0.1) is 11.1 Å². The standard InChI is InChI=1S/C27H32FN3O5/c1-16-24(14-22-21-13-19(28)10-11-23(21)31-26(22)34)30-17(2)25(16)27(35)29-12-8-6-4-5-7-9-20(33)15-36-18(3)32/h10-11,13-14,30H,4-9,12,15H2,1-3H3,(H,29,35)(H,31,34)/b22-14-. The number of unbranched alkanes of at least 4 members (excludes halogenated alkanes) is 4. The normalized spacial score (nSPS) is 13.4. The molecule has 0 saturated carbocycles. The van der Waals surface area contributed by atoms with E-state index in [9.17, 15) is 23.6 Å². The summed E-state index contributed by atoms with van der Waals surface area (Å²) < 4.78 is 18.4. The first kappa shape index (κ1) is 26.8. The van der Waals surface area contributed by atoms with Gasteiger partial charge in [0.1, 0.15) is 12.4 Å². The van der Waals surface area contributed by atoms with Crippen LogP contribution in [0, 0.1) is 19.7 Å². The number of benzene rings is 1. The lowest BCUT2D eigenvalue weighted by molar-refractivity contribution is -0.145. The molecular formula is C27H32FN3O5. The predicted octanol–water partition coefficient (Wildman–Crippen LogP) is 4.47. The zero-order chi connectivity index (χ0) is 26.2. The second-order valence-corrected chi connectivity index (χ2v) is 8.96. The van der Waals surface area contributed by atoms with Crippen LogP contribution in [0.3, 0.4) is 0 Å². The van der Waals surface area contributed by atoms with Crippen molar-refractivity contribution in [3.8, 4) is 0 Å². The fraction of sp³-hybridized carbons (Fsp3) is 0.407. The number of amides is 2. The molecule has 0 aliphatic carbocycles. The molecule has 0 radical (unpaired) electrons. The molecule has 0 saturated heterocycles. The number of ether oxygens (including phenoxy) is 1. The van der Waals surface area contributed by atoms with Crippen molar-refractivity contribution in [1.29, 1.82) is 0 Å². The number of Topliss-reactive ketones (excluding diaryl/α,β-unsaturated/α-hetero) is 1. The Labute approximate surface area is 209 Å². The number of anilines is 1. The number of H-pyrrole nitrogens is 1. The van der Waals surface area contributed by atoms with Crippen molar-refractivity contribution in [1.82, 2.24) is 10.3 Å². The second-order valence-electron chi connectivity index (χ2n) is 8.96. The van der Waals surface area contributed by atoms with Crippen LogP contribution in [0.4, 0.5) is 10.1 Å². The Bertz CT molecular complexity index is 1200. The van der Waals surface area contributed by atoms with Gasteiger partial charge in [-0.1, -0.05) is 19.3 Å². The number of ketones is 1. The van der Waals surface area contributed by atoms with Gasteiger partial charge in [-0.25, -0.2) is 4.39 Å². The molecule has 0 atom stereocenters. The molecular weight excluding hydrogens is 465 g/mol. The SMILES string of the molecule is CC(=O)OCC(=O)CCCCCCCNC(=O)c1c(C)[nH]c(/C=C2\C(=O)Nc3ccc(F)cc32)c1C. The van der Waals surface area contributed by atoms with Crippen molar-refractivity contribution in [2.24, 2.45) is 0 Å². The van der Waals surface area contributed by atoms with E-state index in [1.54, 1.807) is 13.0 Å². The van der Waals surface area contributed by atoms with E-state index in [2.05, 4.69) is 20.4 Å². The van der Waals surface area contributed by atoms with E-state index in [-0.39, 0.29) is 24.2 Å². The van der Waals surface area contributed by atoms with Crippen LogP contribution in [0.15, 0.2) is 18.2 Å². The quantitative estimate of drug-likeness (QED) is 0.227. The van der Waals surface area contributed by atoms with Gasteiger partial charge in [-0.05, 0) is 56.5 Å². The zero-order valence-electron chi connectivity index (χ0n) is 20.9. The van der Waals surface area contributed by atoms with E-state index < -0.39 is 11.8 Å². The molecule has 2 heterocycles. The summed E-state index contributed by atoms with van der Waals surface area (Å²) in [5, 5.41) is 5.67. The van der Waals surface area contributed by atoms with Gasteiger partial charge < -0.3 is 20.4 Å². The van der Waals surface area contributed by atoms with Crippen molar-refractivity contribution in [2.75, 3.05) is 18.5 Å². The Morgan fingerprint density at radius 3 is 2.56 bits per heavy atom. The monoisotopic (exact) mass is 497 g/mol. The summed E-state index contributed by atoms with van der Waals surface area (Å²) in [6.07, 6.45) is 6.38. The Morgan fingerprint density at radius 2 is 1.81 bits per heavy atom. The smallest absolute Gasteiger partial charge is 0.303 e. The number of nitrogens with one attached hydrogen (secondary N) is 3. The third-order valence-corrected chi connectivity index (χ3v) is 6.11. The van der Waals surface area contributed by atoms with Gasteiger partial charge in [0.2, 0.25) is 0 Å². The van der Waals surface area contributed by atoms with Crippen LogP contribution in [0.1, 0.15) is 78.3 Å². The summed E-state index contributed by atoms with van der Waals surface area (Å²) >= 11 is 0. The average molecular weight is 498 g/mol. The topological polar surface area (TPSA) is 117 Å². The second kappa shape index (κ2) is 12.3. The molecule has 1 aliphatic rings. The highest BCUT2D eigenvalue weighted by Crippen LogP contribution is 2.34. The molecule has 192 valence electrons. The Kier molecular flexibility index (Phi) is 9.16. The summed E-state index contributed by atoms with van der Waals surface area (Å²) in [6.45, 7) is 5.26. The van der Waals surface area contributed by atoms with Gasteiger partial charge in [-0.3, -0.25) is 19.2 Å². The molecule has 0 fully saturated rings. The molecule has 2 aromatic rings. The fourth-order valence-corrected chi connectivity index (χ4v) is 4.23. The highest BCUT2D eigenvalue weighted by atomic mass is 19.1. The maximum absolute atomic E-state index is 13.7. The maximum atomic E-state index is 13.7. The number of hydrogen-bond donors (Lipinski definition) is 3. The van der Waals surface area contributed by atoms with Crippen LogP contribution >= 0.6 is 0 Å². The molecule has 0 bridgehead atoms. The van der Waals surface area contributed by atoms with E-state index in [1.807, 2.05) is 6.92 Å². The molecule has 9 heteroatoms. The van der Waals surface area contributed by atoms with Crippen molar-refractivity contribution in [2.45, 2.75) is 59.3 Å². The summed E-state index contributed by atoms with van der Waals surface area (Å²) in [5.41, 5.74) is 3.95. The lowest BCUT2D eigenvalue weighted by Crippen LogP contribution is -2.25. The number of halogens is 1. The van der Waals surface area contributed by atoms with E-state index in [4.69, 9.17) is 0 Å². The molecule has 0 unspecified atom stereocenters. The highest BCUT2D eigenvalue weighted by molar-refractivity contribution is 6.34.